The second kappa shape index (κ2) is 9.61. The molecule has 1 aliphatic heterocycles. The molecule has 1 heterocycles. The van der Waals surface area contributed by atoms with E-state index in [2.05, 4.69) is 5.32 Å². The van der Waals surface area contributed by atoms with E-state index in [1.807, 2.05) is 30.3 Å². The van der Waals surface area contributed by atoms with Crippen LogP contribution in [0.2, 0.25) is 5.02 Å². The first-order valence-corrected chi connectivity index (χ1v) is 11.6. The second-order valence-electron chi connectivity index (χ2n) is 7.14. The highest BCUT2D eigenvalue weighted by molar-refractivity contribution is 7.88. The molecule has 2 aromatic carbocycles. The zero-order valence-electron chi connectivity index (χ0n) is 16.3. The number of nitrogens with zero attached hydrogens (tertiary/aromatic N) is 1. The molecule has 0 bridgehead atoms. The maximum atomic E-state index is 12.6. The Labute approximate surface area is 176 Å². The second-order valence-corrected chi connectivity index (χ2v) is 9.54. The van der Waals surface area contributed by atoms with Crippen LogP contribution in [0.1, 0.15) is 25.3 Å². The minimum atomic E-state index is -3.36. The van der Waals surface area contributed by atoms with Gasteiger partial charge in [0.2, 0.25) is 10.0 Å². The van der Waals surface area contributed by atoms with Crippen molar-refractivity contribution in [2.24, 2.45) is 0 Å². The van der Waals surface area contributed by atoms with Crippen molar-refractivity contribution >= 4 is 27.5 Å². The van der Waals surface area contributed by atoms with E-state index in [0.29, 0.717) is 36.7 Å². The number of carbonyl (C=O) groups is 1. The molecule has 1 amide bonds. The van der Waals surface area contributed by atoms with Crippen LogP contribution >= 0.6 is 11.6 Å². The first kappa shape index (κ1) is 21.6. The summed E-state index contributed by atoms with van der Waals surface area (Å²) in [5, 5.41) is 3.56. The first-order chi connectivity index (χ1) is 13.8. The molecule has 1 fully saturated rings. The van der Waals surface area contributed by atoms with Gasteiger partial charge in [-0.3, -0.25) is 4.79 Å². The number of sulfonamides is 1. The number of halogens is 1. The maximum absolute atomic E-state index is 12.6. The van der Waals surface area contributed by atoms with Crippen LogP contribution in [0, 0.1) is 0 Å². The monoisotopic (exact) mass is 436 g/mol. The van der Waals surface area contributed by atoms with Crippen LogP contribution < -0.4 is 10.1 Å². The van der Waals surface area contributed by atoms with Crippen molar-refractivity contribution in [3.05, 3.63) is 65.2 Å². The van der Waals surface area contributed by atoms with E-state index in [1.165, 1.54) is 4.31 Å². The SMILES string of the molecule is CC(Oc1ccc(Cl)cc1)C(=O)NC1CCN(S(=O)(=O)Cc2ccccc2)CC1. The zero-order chi connectivity index (χ0) is 20.9. The zero-order valence-corrected chi connectivity index (χ0v) is 17.8. The lowest BCUT2D eigenvalue weighted by Crippen LogP contribution is -2.49. The summed E-state index contributed by atoms with van der Waals surface area (Å²) < 4.78 is 32.4. The molecule has 0 radical (unpaired) electrons. The standard InChI is InChI=1S/C21H25ClN2O4S/c1-16(28-20-9-7-18(22)8-10-20)21(25)23-19-11-13-24(14-12-19)29(26,27)15-17-5-3-2-4-6-17/h2-10,16,19H,11-15H2,1H3,(H,23,25). The van der Waals surface area contributed by atoms with Crippen LogP contribution in [-0.2, 0) is 20.6 Å². The molecular formula is C21H25ClN2O4S. The Balaban J connectivity index is 1.47. The maximum Gasteiger partial charge on any atom is 0.260 e. The summed E-state index contributed by atoms with van der Waals surface area (Å²) in [5.74, 6) is 0.348. The largest absolute Gasteiger partial charge is 0.481 e. The summed E-state index contributed by atoms with van der Waals surface area (Å²) >= 11 is 5.85. The van der Waals surface area contributed by atoms with Gasteiger partial charge >= 0.3 is 0 Å². The fraction of sp³-hybridized carbons (Fsp3) is 0.381. The number of rotatable bonds is 7. The van der Waals surface area contributed by atoms with E-state index in [4.69, 9.17) is 16.3 Å². The van der Waals surface area contributed by atoms with Crippen molar-refractivity contribution in [2.45, 2.75) is 37.7 Å². The minimum Gasteiger partial charge on any atom is -0.481 e. The minimum absolute atomic E-state index is 0.00314. The van der Waals surface area contributed by atoms with Crippen molar-refractivity contribution in [3.63, 3.8) is 0 Å². The molecule has 0 saturated carbocycles. The lowest BCUT2D eigenvalue weighted by atomic mass is 10.1. The van der Waals surface area contributed by atoms with Gasteiger partial charge in [-0.25, -0.2) is 12.7 Å². The molecule has 1 saturated heterocycles. The van der Waals surface area contributed by atoms with Crippen LogP contribution in [0.15, 0.2) is 54.6 Å². The lowest BCUT2D eigenvalue weighted by molar-refractivity contribution is -0.128. The van der Waals surface area contributed by atoms with Crippen LogP contribution in [0.25, 0.3) is 0 Å². The predicted octanol–water partition coefficient (Wildman–Crippen LogP) is 3.22. The molecule has 3 rings (SSSR count). The summed E-state index contributed by atoms with van der Waals surface area (Å²) in [5.41, 5.74) is 0.774. The molecule has 1 unspecified atom stereocenters. The van der Waals surface area contributed by atoms with Gasteiger partial charge in [-0.05, 0) is 49.6 Å². The van der Waals surface area contributed by atoms with Gasteiger partial charge in [0.05, 0.1) is 5.75 Å². The molecule has 0 aromatic heterocycles. The summed E-state index contributed by atoms with van der Waals surface area (Å²) in [6, 6.07) is 15.9. The van der Waals surface area contributed by atoms with E-state index in [-0.39, 0.29) is 17.7 Å². The van der Waals surface area contributed by atoms with Crippen LogP contribution in [0.4, 0.5) is 0 Å². The van der Waals surface area contributed by atoms with Gasteiger partial charge in [0.25, 0.3) is 5.91 Å². The normalized spacial score (nSPS) is 16.9. The van der Waals surface area contributed by atoms with Crippen molar-refractivity contribution < 1.29 is 17.9 Å². The van der Waals surface area contributed by atoms with E-state index in [9.17, 15) is 13.2 Å². The van der Waals surface area contributed by atoms with Crippen LogP contribution in [0.5, 0.6) is 5.75 Å². The third-order valence-corrected chi connectivity index (χ3v) is 6.98. The number of ether oxygens (including phenoxy) is 1. The third-order valence-electron chi connectivity index (χ3n) is 4.88. The molecule has 8 heteroatoms. The molecule has 1 aliphatic rings. The summed E-state index contributed by atoms with van der Waals surface area (Å²) in [6.07, 6.45) is 0.497. The number of benzene rings is 2. The average molecular weight is 437 g/mol. The van der Waals surface area contributed by atoms with Gasteiger partial charge in [-0.1, -0.05) is 41.9 Å². The Morgan fingerprint density at radius 3 is 2.38 bits per heavy atom. The smallest absolute Gasteiger partial charge is 0.260 e. The number of hydrogen-bond acceptors (Lipinski definition) is 4. The van der Waals surface area contributed by atoms with E-state index in [0.717, 1.165) is 5.56 Å². The Kier molecular flexibility index (Phi) is 7.16. The van der Waals surface area contributed by atoms with Crippen molar-refractivity contribution in [2.75, 3.05) is 13.1 Å². The molecule has 1 atom stereocenters. The molecule has 29 heavy (non-hydrogen) atoms. The quantitative estimate of drug-likeness (QED) is 0.723. The van der Waals surface area contributed by atoms with E-state index >= 15 is 0 Å². The number of hydrogen-bond donors (Lipinski definition) is 1. The Hall–Kier alpha value is -2.09. The van der Waals surface area contributed by atoms with E-state index in [1.54, 1.807) is 31.2 Å². The fourth-order valence-corrected chi connectivity index (χ4v) is 4.93. The molecule has 2 aromatic rings. The number of carbonyl (C=O) groups excluding carboxylic acids is 1. The highest BCUT2D eigenvalue weighted by Gasteiger charge is 2.29. The van der Waals surface area contributed by atoms with Crippen LogP contribution in [-0.4, -0.2) is 43.9 Å². The van der Waals surface area contributed by atoms with E-state index < -0.39 is 16.1 Å². The lowest BCUT2D eigenvalue weighted by Gasteiger charge is -2.32. The molecule has 156 valence electrons. The highest BCUT2D eigenvalue weighted by Crippen LogP contribution is 2.19. The molecule has 0 aliphatic carbocycles. The topological polar surface area (TPSA) is 75.7 Å². The summed E-state index contributed by atoms with van der Waals surface area (Å²) in [4.78, 5) is 12.4. The number of piperidine rings is 1. The number of nitrogens with one attached hydrogen (secondary N) is 1. The molecule has 1 N–H and O–H groups in total. The van der Waals surface area contributed by atoms with Crippen molar-refractivity contribution in [1.82, 2.24) is 9.62 Å². The average Bonchev–Trinajstić information content (AvgIpc) is 2.70. The van der Waals surface area contributed by atoms with Gasteiger partial charge in [-0.2, -0.15) is 0 Å². The van der Waals surface area contributed by atoms with Crippen molar-refractivity contribution in [3.8, 4) is 5.75 Å². The van der Waals surface area contributed by atoms with Gasteiger partial charge in [0.15, 0.2) is 6.10 Å². The van der Waals surface area contributed by atoms with Crippen LogP contribution in [0.3, 0.4) is 0 Å². The summed E-state index contributed by atoms with van der Waals surface area (Å²) in [6.45, 7) is 2.47. The Morgan fingerprint density at radius 1 is 1.14 bits per heavy atom. The van der Waals surface area contributed by atoms with Gasteiger partial charge in [0, 0.05) is 24.2 Å². The molecule has 6 nitrogen and oxygen atoms in total. The Morgan fingerprint density at radius 2 is 1.76 bits per heavy atom. The Bertz CT molecular complexity index is 911. The fourth-order valence-electron chi connectivity index (χ4n) is 3.24. The highest BCUT2D eigenvalue weighted by atomic mass is 35.5. The predicted molar refractivity (Wildman–Crippen MR) is 113 cm³/mol. The third kappa shape index (κ3) is 6.19. The van der Waals surface area contributed by atoms with Gasteiger partial charge < -0.3 is 10.1 Å². The van der Waals surface area contributed by atoms with Gasteiger partial charge in [0.1, 0.15) is 5.75 Å². The summed E-state index contributed by atoms with van der Waals surface area (Å²) in [7, 11) is -3.36. The van der Waals surface area contributed by atoms with Crippen molar-refractivity contribution in [1.29, 1.82) is 0 Å². The van der Waals surface area contributed by atoms with Gasteiger partial charge in [-0.15, -0.1) is 0 Å². The molecule has 0 spiro atoms. The first-order valence-electron chi connectivity index (χ1n) is 9.58. The molecular weight excluding hydrogens is 412 g/mol. The number of amides is 1.